The number of pyridine rings is 1. The second kappa shape index (κ2) is 10.0. The molecule has 0 atom stereocenters. The molecule has 0 spiro atoms. The van der Waals surface area contributed by atoms with Crippen molar-refractivity contribution in [2.24, 2.45) is 0 Å². The van der Waals surface area contributed by atoms with Crippen LogP contribution in [0.2, 0.25) is 0 Å². The smallest absolute Gasteiger partial charge is 0.251 e. The summed E-state index contributed by atoms with van der Waals surface area (Å²) in [6, 6.07) is 7.31. The third-order valence-corrected chi connectivity index (χ3v) is 5.15. The number of methoxy groups -OCH3 is 3. The Labute approximate surface area is 171 Å². The monoisotopic (exact) mass is 399 g/mol. The highest BCUT2D eigenvalue weighted by Crippen LogP contribution is 2.40. The predicted molar refractivity (Wildman–Crippen MR) is 113 cm³/mol. The highest BCUT2D eigenvalue weighted by molar-refractivity contribution is 5.95. The molecule has 7 nitrogen and oxygen atoms in total. The molecule has 2 aromatic rings. The van der Waals surface area contributed by atoms with Gasteiger partial charge in [-0.25, -0.2) is 4.98 Å². The molecule has 1 fully saturated rings. The second-order valence-electron chi connectivity index (χ2n) is 7.13. The minimum Gasteiger partial charge on any atom is -0.493 e. The molecule has 1 aliphatic carbocycles. The van der Waals surface area contributed by atoms with E-state index in [9.17, 15) is 4.79 Å². The van der Waals surface area contributed by atoms with Gasteiger partial charge in [0.25, 0.3) is 5.91 Å². The summed E-state index contributed by atoms with van der Waals surface area (Å²) in [5.41, 5.74) is 1.30. The van der Waals surface area contributed by atoms with E-state index in [4.69, 9.17) is 14.2 Å². The molecule has 0 bridgehead atoms. The van der Waals surface area contributed by atoms with E-state index >= 15 is 0 Å². The first-order valence-corrected chi connectivity index (χ1v) is 9.98. The molecule has 1 heterocycles. The number of nitrogens with one attached hydrogen (secondary N) is 2. The van der Waals surface area contributed by atoms with Crippen molar-refractivity contribution in [3.05, 3.63) is 36.0 Å². The van der Waals surface area contributed by atoms with Crippen LogP contribution in [0.3, 0.4) is 0 Å². The van der Waals surface area contributed by atoms with Crippen LogP contribution in [-0.2, 0) is 0 Å². The quantitative estimate of drug-likeness (QED) is 0.676. The van der Waals surface area contributed by atoms with Crippen LogP contribution in [0.1, 0.15) is 48.9 Å². The number of amides is 1. The van der Waals surface area contributed by atoms with Crippen LogP contribution in [-0.4, -0.2) is 38.3 Å². The van der Waals surface area contributed by atoms with Crippen molar-refractivity contribution >= 4 is 17.4 Å². The molecule has 1 aromatic carbocycles. The first kappa shape index (κ1) is 20.8. The Bertz CT molecular complexity index is 808. The van der Waals surface area contributed by atoms with E-state index in [1.165, 1.54) is 25.7 Å². The molecule has 1 aliphatic rings. The first-order chi connectivity index (χ1) is 14.1. The van der Waals surface area contributed by atoms with Crippen molar-refractivity contribution in [2.75, 3.05) is 26.6 Å². The summed E-state index contributed by atoms with van der Waals surface area (Å²) < 4.78 is 16.1. The summed E-state index contributed by atoms with van der Waals surface area (Å²) >= 11 is 0. The lowest BCUT2D eigenvalue weighted by Crippen LogP contribution is -2.34. The molecule has 1 amide bonds. The molecule has 0 aliphatic heterocycles. The molecular weight excluding hydrogens is 370 g/mol. The van der Waals surface area contributed by atoms with E-state index in [0.29, 0.717) is 34.3 Å². The van der Waals surface area contributed by atoms with E-state index in [-0.39, 0.29) is 11.9 Å². The lowest BCUT2D eigenvalue weighted by atomic mass is 10.1. The number of nitrogens with zero attached hydrogens (tertiary/aromatic N) is 1. The number of carbonyl (C=O) groups is 1. The van der Waals surface area contributed by atoms with Gasteiger partial charge in [0, 0.05) is 35.6 Å². The summed E-state index contributed by atoms with van der Waals surface area (Å²) in [5, 5.41) is 6.37. The Morgan fingerprint density at radius 3 is 2.21 bits per heavy atom. The molecule has 1 aromatic heterocycles. The third-order valence-electron chi connectivity index (χ3n) is 5.15. The Morgan fingerprint density at radius 1 is 0.966 bits per heavy atom. The number of hydrogen-bond acceptors (Lipinski definition) is 6. The molecule has 0 saturated heterocycles. The SMILES string of the molecule is COc1cc(Nc2cc(C(=O)NC3CCCCCC3)ccn2)cc(OC)c1OC. The van der Waals surface area contributed by atoms with Gasteiger partial charge in [0.2, 0.25) is 5.75 Å². The fourth-order valence-corrected chi connectivity index (χ4v) is 3.63. The van der Waals surface area contributed by atoms with Gasteiger partial charge in [-0.3, -0.25) is 4.79 Å². The highest BCUT2D eigenvalue weighted by atomic mass is 16.5. The van der Waals surface area contributed by atoms with Crippen molar-refractivity contribution in [2.45, 2.75) is 44.6 Å². The molecule has 3 rings (SSSR count). The lowest BCUT2D eigenvalue weighted by Gasteiger charge is -2.17. The van der Waals surface area contributed by atoms with E-state index in [1.54, 1.807) is 51.8 Å². The standard InChI is InChI=1S/C22H29N3O4/c1-27-18-13-17(14-19(28-2)21(18)29-3)24-20-12-15(10-11-23-20)22(26)25-16-8-6-4-5-7-9-16/h10-14,16H,4-9H2,1-3H3,(H,23,24)(H,25,26). The van der Waals surface area contributed by atoms with Gasteiger partial charge < -0.3 is 24.8 Å². The maximum atomic E-state index is 12.7. The Balaban J connectivity index is 1.75. The van der Waals surface area contributed by atoms with Crippen LogP contribution in [0.15, 0.2) is 30.5 Å². The van der Waals surface area contributed by atoms with Crippen molar-refractivity contribution in [1.82, 2.24) is 10.3 Å². The van der Waals surface area contributed by atoms with Crippen LogP contribution in [0.25, 0.3) is 0 Å². The largest absolute Gasteiger partial charge is 0.493 e. The van der Waals surface area contributed by atoms with Crippen molar-refractivity contribution in [3.8, 4) is 17.2 Å². The number of anilines is 2. The zero-order valence-corrected chi connectivity index (χ0v) is 17.3. The molecule has 0 radical (unpaired) electrons. The van der Waals surface area contributed by atoms with Crippen molar-refractivity contribution < 1.29 is 19.0 Å². The number of ether oxygens (including phenoxy) is 3. The normalized spacial score (nSPS) is 14.6. The minimum absolute atomic E-state index is 0.0627. The van der Waals surface area contributed by atoms with Crippen LogP contribution < -0.4 is 24.8 Å². The fourth-order valence-electron chi connectivity index (χ4n) is 3.63. The van der Waals surface area contributed by atoms with Crippen LogP contribution in [0.5, 0.6) is 17.2 Å². The third kappa shape index (κ3) is 5.31. The second-order valence-corrected chi connectivity index (χ2v) is 7.13. The van der Waals surface area contributed by atoms with Crippen LogP contribution in [0.4, 0.5) is 11.5 Å². The summed E-state index contributed by atoms with van der Waals surface area (Å²) in [4.78, 5) is 17.0. The summed E-state index contributed by atoms with van der Waals surface area (Å²) in [6.45, 7) is 0. The number of rotatable bonds is 7. The zero-order chi connectivity index (χ0) is 20.6. The van der Waals surface area contributed by atoms with Gasteiger partial charge in [0.1, 0.15) is 5.82 Å². The van der Waals surface area contributed by atoms with Gasteiger partial charge in [-0.15, -0.1) is 0 Å². The average molecular weight is 399 g/mol. The minimum atomic E-state index is -0.0627. The molecule has 156 valence electrons. The van der Waals surface area contributed by atoms with E-state index in [2.05, 4.69) is 15.6 Å². The molecular formula is C22H29N3O4. The van der Waals surface area contributed by atoms with E-state index in [1.807, 2.05) is 0 Å². The van der Waals surface area contributed by atoms with E-state index in [0.717, 1.165) is 12.8 Å². The topological polar surface area (TPSA) is 81.7 Å². The first-order valence-electron chi connectivity index (χ1n) is 9.98. The number of carbonyl (C=O) groups excluding carboxylic acids is 1. The number of benzene rings is 1. The summed E-state index contributed by atoms with van der Waals surface area (Å²) in [7, 11) is 4.70. The van der Waals surface area contributed by atoms with Gasteiger partial charge in [-0.05, 0) is 25.0 Å². The molecule has 2 N–H and O–H groups in total. The molecule has 7 heteroatoms. The van der Waals surface area contributed by atoms with Gasteiger partial charge in [-0.2, -0.15) is 0 Å². The van der Waals surface area contributed by atoms with Gasteiger partial charge in [0.05, 0.1) is 21.3 Å². The molecule has 29 heavy (non-hydrogen) atoms. The Morgan fingerprint density at radius 2 is 1.62 bits per heavy atom. The predicted octanol–water partition coefficient (Wildman–Crippen LogP) is 4.30. The maximum absolute atomic E-state index is 12.7. The van der Waals surface area contributed by atoms with E-state index < -0.39 is 0 Å². The summed E-state index contributed by atoms with van der Waals surface area (Å²) in [6.07, 6.45) is 8.59. The lowest BCUT2D eigenvalue weighted by molar-refractivity contribution is 0.0933. The number of hydrogen-bond donors (Lipinski definition) is 2. The number of aromatic nitrogens is 1. The Kier molecular flexibility index (Phi) is 7.16. The summed E-state index contributed by atoms with van der Waals surface area (Å²) in [5.74, 6) is 2.10. The van der Waals surface area contributed by atoms with Crippen LogP contribution >= 0.6 is 0 Å². The zero-order valence-electron chi connectivity index (χ0n) is 17.3. The maximum Gasteiger partial charge on any atom is 0.251 e. The fraction of sp³-hybridized carbons (Fsp3) is 0.455. The molecule has 1 saturated carbocycles. The van der Waals surface area contributed by atoms with Crippen molar-refractivity contribution in [3.63, 3.8) is 0 Å². The van der Waals surface area contributed by atoms with Crippen LogP contribution in [0, 0.1) is 0 Å². The molecule has 0 unspecified atom stereocenters. The van der Waals surface area contributed by atoms with Crippen molar-refractivity contribution in [1.29, 1.82) is 0 Å². The van der Waals surface area contributed by atoms with Gasteiger partial charge in [0.15, 0.2) is 11.5 Å². The van der Waals surface area contributed by atoms with Gasteiger partial charge >= 0.3 is 0 Å². The average Bonchev–Trinajstić information content (AvgIpc) is 3.01. The highest BCUT2D eigenvalue weighted by Gasteiger charge is 2.17. The van der Waals surface area contributed by atoms with Gasteiger partial charge in [-0.1, -0.05) is 25.7 Å². The Hall–Kier alpha value is -2.96.